The Hall–Kier alpha value is -1.30. The highest BCUT2D eigenvalue weighted by atomic mass is 16.4. The Bertz CT molecular complexity index is 347. The van der Waals surface area contributed by atoms with Gasteiger partial charge in [0.05, 0.1) is 6.42 Å². The Balaban J connectivity index is 1.77. The van der Waals surface area contributed by atoms with Crippen LogP contribution in [0.2, 0.25) is 0 Å². The average Bonchev–Trinajstić information content (AvgIpc) is 2.32. The zero-order valence-corrected chi connectivity index (χ0v) is 11.5. The van der Waals surface area contributed by atoms with Crippen LogP contribution in [0.5, 0.6) is 0 Å². The zero-order valence-electron chi connectivity index (χ0n) is 11.5. The SMILES string of the molecule is CN1CCN(C(=O)NCC2(CC(=O)O)CCC2)CC1. The Kier molecular flexibility index (Phi) is 4.29. The molecular formula is C13H23N3O3. The number of rotatable bonds is 4. The quantitative estimate of drug-likeness (QED) is 0.783. The summed E-state index contributed by atoms with van der Waals surface area (Å²) in [4.78, 5) is 26.9. The van der Waals surface area contributed by atoms with Crippen molar-refractivity contribution in [2.75, 3.05) is 39.8 Å². The van der Waals surface area contributed by atoms with Gasteiger partial charge in [0.15, 0.2) is 0 Å². The number of carboxylic acids is 1. The van der Waals surface area contributed by atoms with E-state index in [-0.39, 0.29) is 17.9 Å². The summed E-state index contributed by atoms with van der Waals surface area (Å²) >= 11 is 0. The van der Waals surface area contributed by atoms with Crippen LogP contribution in [0.4, 0.5) is 4.79 Å². The summed E-state index contributed by atoms with van der Waals surface area (Å²) in [7, 11) is 2.05. The van der Waals surface area contributed by atoms with Gasteiger partial charge in [-0.05, 0) is 25.3 Å². The van der Waals surface area contributed by atoms with E-state index in [2.05, 4.69) is 10.2 Å². The fourth-order valence-electron chi connectivity index (χ4n) is 2.80. The lowest BCUT2D eigenvalue weighted by atomic mass is 9.66. The zero-order chi connectivity index (χ0) is 13.9. The minimum Gasteiger partial charge on any atom is -0.481 e. The molecule has 1 aliphatic heterocycles. The van der Waals surface area contributed by atoms with Gasteiger partial charge >= 0.3 is 12.0 Å². The van der Waals surface area contributed by atoms with E-state index in [1.165, 1.54) is 0 Å². The summed E-state index contributed by atoms with van der Waals surface area (Å²) in [5, 5.41) is 11.8. The highest BCUT2D eigenvalue weighted by Gasteiger charge is 2.39. The summed E-state index contributed by atoms with van der Waals surface area (Å²) in [5.41, 5.74) is -0.200. The topological polar surface area (TPSA) is 72.9 Å². The van der Waals surface area contributed by atoms with Crippen molar-refractivity contribution in [3.8, 4) is 0 Å². The van der Waals surface area contributed by atoms with Gasteiger partial charge in [0, 0.05) is 32.7 Å². The van der Waals surface area contributed by atoms with Crippen molar-refractivity contribution in [3.63, 3.8) is 0 Å². The van der Waals surface area contributed by atoms with E-state index in [1.54, 1.807) is 0 Å². The van der Waals surface area contributed by atoms with Gasteiger partial charge in [-0.1, -0.05) is 6.42 Å². The maximum absolute atomic E-state index is 12.0. The van der Waals surface area contributed by atoms with Crippen LogP contribution in [0.1, 0.15) is 25.7 Å². The number of carbonyl (C=O) groups is 2. The summed E-state index contributed by atoms with van der Waals surface area (Å²) < 4.78 is 0. The number of aliphatic carboxylic acids is 1. The van der Waals surface area contributed by atoms with E-state index in [0.717, 1.165) is 45.4 Å². The third-order valence-electron chi connectivity index (χ3n) is 4.35. The number of carboxylic acid groups (broad SMARTS) is 1. The molecule has 1 saturated carbocycles. The number of urea groups is 1. The highest BCUT2D eigenvalue weighted by Crippen LogP contribution is 2.43. The first kappa shape index (κ1) is 14.1. The smallest absolute Gasteiger partial charge is 0.317 e. The second-order valence-electron chi connectivity index (χ2n) is 5.87. The highest BCUT2D eigenvalue weighted by molar-refractivity contribution is 5.74. The van der Waals surface area contributed by atoms with Crippen LogP contribution >= 0.6 is 0 Å². The van der Waals surface area contributed by atoms with Crippen LogP contribution in [0.15, 0.2) is 0 Å². The van der Waals surface area contributed by atoms with Crippen LogP contribution in [-0.2, 0) is 4.79 Å². The minimum atomic E-state index is -0.770. The van der Waals surface area contributed by atoms with E-state index in [1.807, 2.05) is 11.9 Å². The molecule has 0 bridgehead atoms. The molecule has 108 valence electrons. The maximum atomic E-state index is 12.0. The summed E-state index contributed by atoms with van der Waals surface area (Å²) in [6.45, 7) is 3.77. The Morgan fingerprint density at radius 2 is 1.84 bits per heavy atom. The molecule has 0 atom stereocenters. The van der Waals surface area contributed by atoms with Crippen LogP contribution < -0.4 is 5.32 Å². The van der Waals surface area contributed by atoms with Crippen LogP contribution in [0, 0.1) is 5.41 Å². The minimum absolute atomic E-state index is 0.0511. The summed E-state index contributed by atoms with van der Waals surface area (Å²) in [5.74, 6) is -0.770. The second-order valence-corrected chi connectivity index (χ2v) is 5.87. The van der Waals surface area contributed by atoms with Gasteiger partial charge in [-0.15, -0.1) is 0 Å². The number of hydrogen-bond donors (Lipinski definition) is 2. The van der Waals surface area contributed by atoms with Gasteiger partial charge in [-0.3, -0.25) is 4.79 Å². The maximum Gasteiger partial charge on any atom is 0.317 e. The number of amides is 2. The largest absolute Gasteiger partial charge is 0.481 e. The Morgan fingerprint density at radius 3 is 2.32 bits per heavy atom. The number of nitrogens with one attached hydrogen (secondary N) is 1. The van der Waals surface area contributed by atoms with Crippen molar-refractivity contribution < 1.29 is 14.7 Å². The first-order chi connectivity index (χ1) is 9.01. The molecule has 1 aliphatic carbocycles. The first-order valence-corrected chi connectivity index (χ1v) is 6.94. The molecule has 1 saturated heterocycles. The van der Waals surface area contributed by atoms with Gasteiger partial charge < -0.3 is 20.2 Å². The molecule has 0 aromatic carbocycles. The number of carbonyl (C=O) groups excluding carboxylic acids is 1. The Labute approximate surface area is 113 Å². The second kappa shape index (κ2) is 5.77. The number of likely N-dealkylation sites (N-methyl/N-ethyl adjacent to an activating group) is 1. The molecule has 2 rings (SSSR count). The van der Waals surface area contributed by atoms with E-state index in [4.69, 9.17) is 5.11 Å². The normalized spacial score (nSPS) is 22.7. The molecule has 2 aliphatic rings. The van der Waals surface area contributed by atoms with Crippen molar-refractivity contribution >= 4 is 12.0 Å². The van der Waals surface area contributed by atoms with Crippen LogP contribution in [0.25, 0.3) is 0 Å². The Morgan fingerprint density at radius 1 is 1.21 bits per heavy atom. The fourth-order valence-corrected chi connectivity index (χ4v) is 2.80. The molecule has 6 heteroatoms. The average molecular weight is 269 g/mol. The van der Waals surface area contributed by atoms with Crippen molar-refractivity contribution in [3.05, 3.63) is 0 Å². The van der Waals surface area contributed by atoms with E-state index in [0.29, 0.717) is 6.54 Å². The molecule has 0 radical (unpaired) electrons. The molecule has 1 heterocycles. The van der Waals surface area contributed by atoms with Crippen molar-refractivity contribution in [2.45, 2.75) is 25.7 Å². The molecule has 6 nitrogen and oxygen atoms in total. The molecule has 0 spiro atoms. The molecule has 2 amide bonds. The number of piperazine rings is 1. The lowest BCUT2D eigenvalue weighted by molar-refractivity contribution is -0.141. The van der Waals surface area contributed by atoms with Crippen molar-refractivity contribution in [1.29, 1.82) is 0 Å². The molecule has 0 aromatic rings. The molecular weight excluding hydrogens is 246 g/mol. The molecule has 2 fully saturated rings. The van der Waals surface area contributed by atoms with E-state index in [9.17, 15) is 9.59 Å². The van der Waals surface area contributed by atoms with Gasteiger partial charge in [0.25, 0.3) is 0 Å². The number of hydrogen-bond acceptors (Lipinski definition) is 3. The molecule has 19 heavy (non-hydrogen) atoms. The molecule has 2 N–H and O–H groups in total. The van der Waals surface area contributed by atoms with Crippen molar-refractivity contribution in [2.24, 2.45) is 5.41 Å². The van der Waals surface area contributed by atoms with Crippen LogP contribution in [-0.4, -0.2) is 66.7 Å². The van der Waals surface area contributed by atoms with Crippen molar-refractivity contribution in [1.82, 2.24) is 15.1 Å². The lowest BCUT2D eigenvalue weighted by Crippen LogP contribution is -2.53. The number of nitrogens with zero attached hydrogens (tertiary/aromatic N) is 2. The first-order valence-electron chi connectivity index (χ1n) is 6.94. The molecule has 0 aromatic heterocycles. The van der Waals surface area contributed by atoms with Gasteiger partial charge in [0.2, 0.25) is 0 Å². The fraction of sp³-hybridized carbons (Fsp3) is 0.846. The van der Waals surface area contributed by atoms with E-state index >= 15 is 0 Å². The molecule has 0 unspecified atom stereocenters. The van der Waals surface area contributed by atoms with Gasteiger partial charge in [-0.2, -0.15) is 0 Å². The van der Waals surface area contributed by atoms with E-state index < -0.39 is 5.97 Å². The predicted molar refractivity (Wildman–Crippen MR) is 71.0 cm³/mol. The third-order valence-corrected chi connectivity index (χ3v) is 4.35. The standard InChI is InChI=1S/C13H23N3O3/c1-15-5-7-16(8-6-15)12(19)14-10-13(3-2-4-13)9-11(17)18/h2-10H2,1H3,(H,14,19)(H,17,18). The summed E-state index contributed by atoms with van der Waals surface area (Å²) in [6.07, 6.45) is 3.04. The van der Waals surface area contributed by atoms with Crippen LogP contribution in [0.3, 0.4) is 0 Å². The monoisotopic (exact) mass is 269 g/mol. The van der Waals surface area contributed by atoms with Gasteiger partial charge in [-0.25, -0.2) is 4.79 Å². The van der Waals surface area contributed by atoms with Gasteiger partial charge in [0.1, 0.15) is 0 Å². The summed E-state index contributed by atoms with van der Waals surface area (Å²) in [6, 6.07) is -0.0511. The lowest BCUT2D eigenvalue weighted by Gasteiger charge is -2.41. The predicted octanol–water partition coefficient (Wildman–Crippen LogP) is 0.588. The third kappa shape index (κ3) is 3.59.